The fraction of sp³-hybridized carbons (Fsp3) is 0.800. The fourth-order valence-electron chi connectivity index (χ4n) is 4.21. The van der Waals surface area contributed by atoms with Crippen molar-refractivity contribution in [2.75, 3.05) is 13.2 Å². The molecule has 1 saturated heterocycles. The number of ether oxygens (including phenoxy) is 1. The predicted molar refractivity (Wildman–Crippen MR) is 127 cm³/mol. The minimum Gasteiger partial charge on any atom is -0.350 e. The lowest BCUT2D eigenvalue weighted by Crippen LogP contribution is -2.54. The first kappa shape index (κ1) is 27.3. The Hall–Kier alpha value is -1.93. The van der Waals surface area contributed by atoms with Crippen LogP contribution in [0.3, 0.4) is 0 Å². The third kappa shape index (κ3) is 9.45. The molecule has 0 aromatic carbocycles. The van der Waals surface area contributed by atoms with Crippen LogP contribution in [-0.2, 0) is 24.0 Å². The molecule has 188 valence electrons. The first-order valence-corrected chi connectivity index (χ1v) is 12.6. The summed E-state index contributed by atoms with van der Waals surface area (Å²) in [5.41, 5.74) is 2.46. The molecule has 2 N–H and O–H groups in total. The summed E-state index contributed by atoms with van der Waals surface area (Å²) in [6.07, 6.45) is 10.6. The number of amides is 3. The number of carbonyl (C=O) groups excluding carboxylic acids is 3. The van der Waals surface area contributed by atoms with Gasteiger partial charge in [-0.25, -0.2) is 10.3 Å². The van der Waals surface area contributed by atoms with E-state index in [2.05, 4.69) is 22.9 Å². The topological polar surface area (TPSA) is 97.0 Å². The van der Waals surface area contributed by atoms with E-state index in [1.807, 2.05) is 32.6 Å². The van der Waals surface area contributed by atoms with Gasteiger partial charge in [-0.15, -0.1) is 0 Å². The number of hydrogen-bond donors (Lipinski definition) is 2. The third-order valence-electron chi connectivity index (χ3n) is 6.24. The van der Waals surface area contributed by atoms with E-state index in [0.717, 1.165) is 44.9 Å². The van der Waals surface area contributed by atoms with Gasteiger partial charge in [0.2, 0.25) is 17.7 Å². The zero-order chi connectivity index (χ0) is 24.2. The second-order valence-corrected chi connectivity index (χ2v) is 9.74. The molecule has 33 heavy (non-hydrogen) atoms. The highest BCUT2D eigenvalue weighted by molar-refractivity contribution is 5.90. The van der Waals surface area contributed by atoms with Crippen LogP contribution in [0.1, 0.15) is 85.5 Å². The summed E-state index contributed by atoms with van der Waals surface area (Å²) in [5.74, 6) is -1.25. The van der Waals surface area contributed by atoms with Crippen LogP contribution < -0.4 is 10.8 Å². The van der Waals surface area contributed by atoms with Crippen LogP contribution in [0, 0.1) is 11.8 Å². The lowest BCUT2D eigenvalue weighted by molar-refractivity contribution is -0.200. The standard InChI is InChI=1S/C25H43N3O5/c1-18(2)23-25(31)28(19(3)4)15-11-8-6-5-7-9-13-20(24(30)26-23)17-21(29)27-33-22-14-10-12-16-32-22/h5-6,18-20,22-23H,7-17H2,1-4H3,(H,26,30)(H,27,29)/t20-,22?,23+/m1/s1. The molecule has 3 amide bonds. The summed E-state index contributed by atoms with van der Waals surface area (Å²) in [4.78, 5) is 46.3. The van der Waals surface area contributed by atoms with Crippen molar-refractivity contribution >= 4 is 17.7 Å². The fourth-order valence-corrected chi connectivity index (χ4v) is 4.21. The molecule has 8 heteroatoms. The second kappa shape index (κ2) is 14.4. The van der Waals surface area contributed by atoms with Crippen LogP contribution in [0.2, 0.25) is 0 Å². The van der Waals surface area contributed by atoms with Gasteiger partial charge in [-0.05, 0) is 64.7 Å². The van der Waals surface area contributed by atoms with Crippen LogP contribution in [0.15, 0.2) is 12.2 Å². The monoisotopic (exact) mass is 465 g/mol. The first-order chi connectivity index (χ1) is 15.8. The van der Waals surface area contributed by atoms with Crippen molar-refractivity contribution in [3.63, 3.8) is 0 Å². The maximum atomic E-state index is 13.3. The van der Waals surface area contributed by atoms with Gasteiger partial charge in [0, 0.05) is 38.0 Å². The molecule has 3 atom stereocenters. The molecule has 2 aliphatic rings. The molecule has 0 aromatic rings. The molecule has 1 fully saturated rings. The Kier molecular flexibility index (Phi) is 11.9. The van der Waals surface area contributed by atoms with Gasteiger partial charge in [0.05, 0.1) is 0 Å². The van der Waals surface area contributed by atoms with Crippen molar-refractivity contribution in [2.24, 2.45) is 11.8 Å². The summed E-state index contributed by atoms with van der Waals surface area (Å²) in [5, 5.41) is 2.97. The van der Waals surface area contributed by atoms with E-state index in [9.17, 15) is 14.4 Å². The summed E-state index contributed by atoms with van der Waals surface area (Å²) in [6, 6.07) is -0.566. The number of hydroxylamine groups is 1. The normalized spacial score (nSPS) is 26.2. The number of nitrogens with one attached hydrogen (secondary N) is 2. The summed E-state index contributed by atoms with van der Waals surface area (Å²) >= 11 is 0. The average Bonchev–Trinajstić information content (AvgIpc) is 2.78. The van der Waals surface area contributed by atoms with Gasteiger partial charge in [-0.3, -0.25) is 14.4 Å². The molecule has 8 nitrogen and oxygen atoms in total. The zero-order valence-electron chi connectivity index (χ0n) is 20.8. The van der Waals surface area contributed by atoms with E-state index >= 15 is 0 Å². The summed E-state index contributed by atoms with van der Waals surface area (Å²) in [7, 11) is 0. The van der Waals surface area contributed by atoms with Crippen LogP contribution in [0.4, 0.5) is 0 Å². The molecule has 1 unspecified atom stereocenters. The number of nitrogens with zero attached hydrogens (tertiary/aromatic N) is 1. The molecule has 2 heterocycles. The quantitative estimate of drug-likeness (QED) is 0.462. The number of carbonyl (C=O) groups is 3. The number of hydrogen-bond acceptors (Lipinski definition) is 5. The second-order valence-electron chi connectivity index (χ2n) is 9.74. The van der Waals surface area contributed by atoms with Crippen LogP contribution in [-0.4, -0.2) is 54.1 Å². The highest BCUT2D eigenvalue weighted by Gasteiger charge is 2.32. The molecule has 0 saturated carbocycles. The lowest BCUT2D eigenvalue weighted by Gasteiger charge is -2.33. The van der Waals surface area contributed by atoms with Crippen LogP contribution >= 0.6 is 0 Å². The van der Waals surface area contributed by atoms with E-state index in [1.54, 1.807) is 0 Å². The van der Waals surface area contributed by atoms with E-state index in [-0.39, 0.29) is 36.1 Å². The van der Waals surface area contributed by atoms with E-state index < -0.39 is 18.2 Å². The van der Waals surface area contributed by atoms with Crippen molar-refractivity contribution in [1.82, 2.24) is 15.7 Å². The SMILES string of the molecule is CC(C)[C@@H]1NC(=O)[C@@H](CC(=O)NOC2CCCCO2)CCCC=CCCCN(C(C)C)C1=O. The van der Waals surface area contributed by atoms with E-state index in [4.69, 9.17) is 9.57 Å². The molecule has 2 rings (SSSR count). The van der Waals surface area contributed by atoms with Gasteiger partial charge in [0.1, 0.15) is 6.04 Å². The lowest BCUT2D eigenvalue weighted by atomic mass is 9.94. The maximum absolute atomic E-state index is 13.3. The Balaban J connectivity index is 2.08. The van der Waals surface area contributed by atoms with Crippen LogP contribution in [0.5, 0.6) is 0 Å². The van der Waals surface area contributed by atoms with Crippen molar-refractivity contribution < 1.29 is 24.0 Å². The predicted octanol–water partition coefficient (Wildman–Crippen LogP) is 3.47. The van der Waals surface area contributed by atoms with Gasteiger partial charge in [0.15, 0.2) is 6.29 Å². The minimum absolute atomic E-state index is 0.00910. The Bertz CT molecular complexity index is 658. The van der Waals surface area contributed by atoms with Crippen molar-refractivity contribution in [3.8, 4) is 0 Å². The molecule has 0 bridgehead atoms. The van der Waals surface area contributed by atoms with E-state index in [1.165, 1.54) is 0 Å². The highest BCUT2D eigenvalue weighted by Crippen LogP contribution is 2.18. The molecule has 0 aliphatic carbocycles. The highest BCUT2D eigenvalue weighted by atomic mass is 16.8. The Labute approximate surface area is 198 Å². The molecule has 2 aliphatic heterocycles. The summed E-state index contributed by atoms with van der Waals surface area (Å²) < 4.78 is 5.47. The zero-order valence-corrected chi connectivity index (χ0v) is 20.8. The smallest absolute Gasteiger partial charge is 0.245 e. The number of rotatable bonds is 6. The average molecular weight is 466 g/mol. The third-order valence-corrected chi connectivity index (χ3v) is 6.24. The summed E-state index contributed by atoms with van der Waals surface area (Å²) in [6.45, 7) is 9.15. The van der Waals surface area contributed by atoms with Gasteiger partial charge < -0.3 is 15.0 Å². The molecular weight excluding hydrogens is 422 g/mol. The first-order valence-electron chi connectivity index (χ1n) is 12.6. The molecular formula is C25H43N3O5. The molecule has 0 aromatic heterocycles. The van der Waals surface area contributed by atoms with Crippen molar-refractivity contribution in [2.45, 2.75) is 104 Å². The number of allylic oxidation sites excluding steroid dienone is 2. The van der Waals surface area contributed by atoms with Crippen LogP contribution in [0.25, 0.3) is 0 Å². The van der Waals surface area contributed by atoms with Gasteiger partial charge >= 0.3 is 0 Å². The van der Waals surface area contributed by atoms with Crippen molar-refractivity contribution in [3.05, 3.63) is 12.2 Å². The maximum Gasteiger partial charge on any atom is 0.245 e. The Morgan fingerprint density at radius 3 is 2.48 bits per heavy atom. The van der Waals surface area contributed by atoms with Gasteiger partial charge in [-0.1, -0.05) is 26.0 Å². The molecule has 0 spiro atoms. The van der Waals surface area contributed by atoms with E-state index in [0.29, 0.717) is 19.6 Å². The van der Waals surface area contributed by atoms with Gasteiger partial charge in [-0.2, -0.15) is 0 Å². The Morgan fingerprint density at radius 1 is 1.12 bits per heavy atom. The van der Waals surface area contributed by atoms with Gasteiger partial charge in [0.25, 0.3) is 0 Å². The molecule has 0 radical (unpaired) electrons. The minimum atomic E-state index is -0.615. The Morgan fingerprint density at radius 2 is 1.85 bits per heavy atom. The van der Waals surface area contributed by atoms with Crippen molar-refractivity contribution in [1.29, 1.82) is 0 Å². The largest absolute Gasteiger partial charge is 0.350 e.